The summed E-state index contributed by atoms with van der Waals surface area (Å²) in [5.74, 6) is -0.447. The number of carbonyl (C=O) groups is 3. The molecule has 1 heterocycles. The zero-order valence-electron chi connectivity index (χ0n) is 20.9. The van der Waals surface area contributed by atoms with Crippen molar-refractivity contribution in [3.8, 4) is 11.1 Å². The Morgan fingerprint density at radius 2 is 1.51 bits per heavy atom. The lowest BCUT2D eigenvalue weighted by atomic mass is 9.91. The van der Waals surface area contributed by atoms with Crippen molar-refractivity contribution in [1.29, 1.82) is 0 Å². The minimum Gasteiger partial charge on any atom is -0.483 e. The van der Waals surface area contributed by atoms with E-state index >= 15 is 0 Å². The minimum atomic E-state index is -1.79. The molecule has 1 saturated heterocycles. The molecule has 2 atom stereocenters. The number of benzene rings is 3. The number of Topliss-reactive ketones (excluding diaryl/α,β-unsaturated/α-hetero) is 1. The maximum atomic E-state index is 13.4. The number of likely N-dealkylation sites (N-methyl/N-ethyl adjacent to an activating group) is 1. The Morgan fingerprint density at radius 1 is 0.973 bits per heavy atom. The van der Waals surface area contributed by atoms with Crippen molar-refractivity contribution >= 4 is 18.2 Å². The van der Waals surface area contributed by atoms with Crippen LogP contribution >= 0.6 is 0 Å². The number of likely N-dealkylation sites (tertiary alicyclic amines) is 1. The topological polar surface area (TPSA) is 101 Å². The summed E-state index contributed by atoms with van der Waals surface area (Å²) in [5, 5.41) is 18.5. The van der Waals surface area contributed by atoms with Gasteiger partial charge in [0, 0.05) is 36.0 Å². The number of quaternary nitrogens is 1. The third-order valence-electron chi connectivity index (χ3n) is 7.33. The van der Waals surface area contributed by atoms with Gasteiger partial charge >= 0.3 is 5.97 Å². The third-order valence-corrected chi connectivity index (χ3v) is 7.33. The van der Waals surface area contributed by atoms with Gasteiger partial charge in [-0.25, -0.2) is 4.79 Å². The van der Waals surface area contributed by atoms with Crippen LogP contribution in [-0.4, -0.2) is 65.7 Å². The molecule has 0 radical (unpaired) electrons. The van der Waals surface area contributed by atoms with Crippen molar-refractivity contribution in [2.75, 3.05) is 26.7 Å². The first kappa shape index (κ1) is 26.3. The predicted octanol–water partition coefficient (Wildman–Crippen LogP) is 4.03. The molecule has 2 aliphatic rings. The van der Waals surface area contributed by atoms with Crippen molar-refractivity contribution in [3.63, 3.8) is 0 Å². The molecule has 1 aliphatic heterocycles. The van der Waals surface area contributed by atoms with E-state index in [4.69, 9.17) is 14.6 Å². The van der Waals surface area contributed by atoms with E-state index in [0.717, 1.165) is 47.1 Å². The summed E-state index contributed by atoms with van der Waals surface area (Å²) in [4.78, 5) is 34.2. The van der Waals surface area contributed by atoms with Crippen LogP contribution in [0.3, 0.4) is 0 Å². The molecule has 0 spiro atoms. The molecule has 1 fully saturated rings. The first-order chi connectivity index (χ1) is 17.8. The Labute approximate surface area is 216 Å². The molecule has 0 bridgehead atoms. The largest absolute Gasteiger partial charge is 0.483 e. The summed E-state index contributed by atoms with van der Waals surface area (Å²) in [6.45, 7) is 2.16. The Hall–Kier alpha value is -3.81. The number of carboxylic acid groups (broad SMARTS) is 1. The standard InChI is InChI=1S/C29H30NO4.CH2O2/c1-30(18-9-16-27(31)21-10-3-2-4-11-21)19-17-22(20-30)34-28(32)29(33)25-14-7-5-12-23(25)24-13-6-8-15-26(24)29;2-1-3/h2-8,10-15,22,33H,9,16-20H2,1H3;1H,(H,2,3)/q+1;. The van der Waals surface area contributed by atoms with E-state index in [9.17, 15) is 14.7 Å². The third kappa shape index (κ3) is 5.33. The summed E-state index contributed by atoms with van der Waals surface area (Å²) < 4.78 is 6.69. The van der Waals surface area contributed by atoms with E-state index in [1.165, 1.54) is 0 Å². The molecular formula is C30H32NO6+. The van der Waals surface area contributed by atoms with Gasteiger partial charge in [-0.3, -0.25) is 9.59 Å². The molecule has 1 aliphatic carbocycles. The minimum absolute atomic E-state index is 0.162. The zero-order chi connectivity index (χ0) is 26.5. The molecule has 0 amide bonds. The maximum Gasteiger partial charge on any atom is 0.348 e. The number of ether oxygens (including phenoxy) is 1. The number of fused-ring (bicyclic) bond motifs is 3. The van der Waals surface area contributed by atoms with Gasteiger partial charge in [0.05, 0.1) is 20.1 Å². The molecule has 0 aromatic heterocycles. The number of ketones is 1. The van der Waals surface area contributed by atoms with E-state index in [1.807, 2.05) is 66.7 Å². The van der Waals surface area contributed by atoms with E-state index in [-0.39, 0.29) is 18.4 Å². The fourth-order valence-electron chi connectivity index (χ4n) is 5.49. The summed E-state index contributed by atoms with van der Waals surface area (Å²) >= 11 is 0. The highest BCUT2D eigenvalue weighted by atomic mass is 16.6. The Morgan fingerprint density at radius 3 is 2.11 bits per heavy atom. The Balaban J connectivity index is 0.00000102. The average Bonchev–Trinajstić information content (AvgIpc) is 3.41. The normalized spacial score (nSPS) is 20.6. The second-order valence-corrected chi connectivity index (χ2v) is 9.87. The molecule has 192 valence electrons. The maximum absolute atomic E-state index is 13.4. The van der Waals surface area contributed by atoms with E-state index < -0.39 is 11.6 Å². The van der Waals surface area contributed by atoms with Gasteiger partial charge in [0.2, 0.25) is 5.60 Å². The van der Waals surface area contributed by atoms with Gasteiger partial charge in [-0.2, -0.15) is 0 Å². The lowest BCUT2D eigenvalue weighted by molar-refractivity contribution is -0.899. The lowest BCUT2D eigenvalue weighted by Crippen LogP contribution is -2.45. The number of rotatable bonds is 7. The molecule has 0 saturated carbocycles. The number of hydrogen-bond acceptors (Lipinski definition) is 5. The van der Waals surface area contributed by atoms with Crippen molar-refractivity contribution in [3.05, 3.63) is 95.6 Å². The Bertz CT molecular complexity index is 1230. The van der Waals surface area contributed by atoms with Crippen molar-refractivity contribution in [1.82, 2.24) is 0 Å². The van der Waals surface area contributed by atoms with Gasteiger partial charge in [0.15, 0.2) is 11.9 Å². The van der Waals surface area contributed by atoms with Gasteiger partial charge in [-0.15, -0.1) is 0 Å². The first-order valence-electron chi connectivity index (χ1n) is 12.4. The molecule has 3 aromatic rings. The van der Waals surface area contributed by atoms with Gasteiger partial charge in [0.25, 0.3) is 6.47 Å². The fraction of sp³-hybridized carbons (Fsp3) is 0.300. The summed E-state index contributed by atoms with van der Waals surface area (Å²) in [6.07, 6.45) is 1.78. The highest BCUT2D eigenvalue weighted by Crippen LogP contribution is 2.48. The van der Waals surface area contributed by atoms with Crippen LogP contribution in [0.25, 0.3) is 11.1 Å². The summed E-state index contributed by atoms with van der Waals surface area (Å²) in [7, 11) is 2.15. The molecule has 2 N–H and O–H groups in total. The van der Waals surface area contributed by atoms with Crippen LogP contribution in [0.5, 0.6) is 0 Å². The number of carbonyl (C=O) groups excluding carboxylic acids is 2. The van der Waals surface area contributed by atoms with Crippen LogP contribution in [0.4, 0.5) is 0 Å². The molecular weight excluding hydrogens is 470 g/mol. The summed E-state index contributed by atoms with van der Waals surface area (Å²) in [5.41, 5.74) is 1.86. The van der Waals surface area contributed by atoms with Gasteiger partial charge in [-0.05, 0) is 11.1 Å². The second-order valence-electron chi connectivity index (χ2n) is 9.87. The lowest BCUT2D eigenvalue weighted by Gasteiger charge is -2.30. The van der Waals surface area contributed by atoms with Crippen LogP contribution in [0.15, 0.2) is 78.9 Å². The van der Waals surface area contributed by atoms with Crippen LogP contribution in [0.1, 0.15) is 40.7 Å². The van der Waals surface area contributed by atoms with Crippen molar-refractivity contribution in [2.24, 2.45) is 0 Å². The predicted molar refractivity (Wildman–Crippen MR) is 139 cm³/mol. The van der Waals surface area contributed by atoms with Crippen molar-refractivity contribution < 1.29 is 33.8 Å². The van der Waals surface area contributed by atoms with Gasteiger partial charge < -0.3 is 19.4 Å². The monoisotopic (exact) mass is 502 g/mol. The fourth-order valence-corrected chi connectivity index (χ4v) is 5.49. The molecule has 3 aromatic carbocycles. The van der Waals surface area contributed by atoms with Crippen LogP contribution in [0.2, 0.25) is 0 Å². The van der Waals surface area contributed by atoms with E-state index in [0.29, 0.717) is 24.1 Å². The van der Waals surface area contributed by atoms with E-state index in [2.05, 4.69) is 7.05 Å². The highest BCUT2D eigenvalue weighted by molar-refractivity contribution is 5.96. The molecule has 5 rings (SSSR count). The molecule has 7 heteroatoms. The highest BCUT2D eigenvalue weighted by Gasteiger charge is 2.50. The molecule has 37 heavy (non-hydrogen) atoms. The number of esters is 1. The SMILES string of the molecule is C[N+]1(CCCC(=O)c2ccccc2)CCC(OC(=O)C2(O)c3ccccc3-c3ccccc32)C1.O=CO. The smallest absolute Gasteiger partial charge is 0.348 e. The second kappa shape index (κ2) is 11.1. The average molecular weight is 503 g/mol. The van der Waals surface area contributed by atoms with Crippen LogP contribution < -0.4 is 0 Å². The van der Waals surface area contributed by atoms with Gasteiger partial charge in [0.1, 0.15) is 6.54 Å². The van der Waals surface area contributed by atoms with E-state index in [1.54, 1.807) is 12.1 Å². The van der Waals surface area contributed by atoms with Crippen LogP contribution in [0, 0.1) is 0 Å². The number of aliphatic hydroxyl groups is 1. The van der Waals surface area contributed by atoms with Gasteiger partial charge in [-0.1, -0.05) is 78.9 Å². The quantitative estimate of drug-likeness (QED) is 0.219. The summed E-state index contributed by atoms with van der Waals surface area (Å²) in [6, 6.07) is 24.3. The molecule has 2 unspecified atom stereocenters. The zero-order valence-corrected chi connectivity index (χ0v) is 20.9. The van der Waals surface area contributed by atoms with Crippen molar-refractivity contribution in [2.45, 2.75) is 31.0 Å². The first-order valence-corrected chi connectivity index (χ1v) is 12.4. The molecule has 7 nitrogen and oxygen atoms in total. The Kier molecular flexibility index (Phi) is 7.86. The van der Waals surface area contributed by atoms with Crippen LogP contribution in [-0.2, 0) is 19.9 Å². The number of nitrogens with zero attached hydrogens (tertiary/aromatic N) is 1. The number of hydrogen-bond donors (Lipinski definition) is 2.